The van der Waals surface area contributed by atoms with Crippen LogP contribution >= 0.6 is 0 Å². The van der Waals surface area contributed by atoms with Crippen molar-refractivity contribution in [3.05, 3.63) is 53.9 Å². The van der Waals surface area contributed by atoms with Gasteiger partial charge in [0.25, 0.3) is 0 Å². The zero-order valence-electron chi connectivity index (χ0n) is 12.0. The fourth-order valence-corrected chi connectivity index (χ4v) is 2.12. The number of benzene rings is 1. The lowest BCUT2D eigenvalue weighted by Gasteiger charge is -2.09. The Morgan fingerprint density at radius 3 is 2.90 bits per heavy atom. The Bertz CT molecular complexity index is 749. The number of aryl methyl sites for hydroxylation is 2. The van der Waals surface area contributed by atoms with Crippen LogP contribution in [0.4, 0.5) is 5.69 Å². The van der Waals surface area contributed by atoms with Crippen molar-refractivity contribution in [3.8, 4) is 11.4 Å². The van der Waals surface area contributed by atoms with Gasteiger partial charge in [-0.25, -0.2) is 4.68 Å². The van der Waals surface area contributed by atoms with Crippen LogP contribution in [0.2, 0.25) is 0 Å². The molecule has 2 heterocycles. The van der Waals surface area contributed by atoms with Crippen LogP contribution in [0.15, 0.2) is 42.7 Å². The number of nitrogens with one attached hydrogen (secondary N) is 1. The van der Waals surface area contributed by atoms with Gasteiger partial charge in [-0.3, -0.25) is 4.98 Å². The van der Waals surface area contributed by atoms with Crippen LogP contribution < -0.4 is 5.32 Å². The molecule has 2 aromatic heterocycles. The third kappa shape index (κ3) is 2.89. The maximum Gasteiger partial charge on any atom is 0.181 e. The first-order chi connectivity index (χ1) is 10.2. The van der Waals surface area contributed by atoms with Crippen LogP contribution in [0, 0.1) is 6.92 Å². The monoisotopic (exact) mass is 280 g/mol. The van der Waals surface area contributed by atoms with Crippen LogP contribution in [0.25, 0.3) is 11.4 Å². The summed E-state index contributed by atoms with van der Waals surface area (Å²) in [7, 11) is 1.83. The molecule has 0 amide bonds. The molecule has 0 aliphatic rings. The Hall–Kier alpha value is -2.76. The van der Waals surface area contributed by atoms with E-state index < -0.39 is 0 Å². The van der Waals surface area contributed by atoms with Crippen molar-refractivity contribution in [2.45, 2.75) is 13.5 Å². The first-order valence-corrected chi connectivity index (χ1v) is 6.70. The van der Waals surface area contributed by atoms with Crippen molar-refractivity contribution < 1.29 is 0 Å². The van der Waals surface area contributed by atoms with E-state index in [2.05, 4.69) is 32.7 Å². The van der Waals surface area contributed by atoms with E-state index in [0.29, 0.717) is 0 Å². The van der Waals surface area contributed by atoms with Crippen LogP contribution in [0.1, 0.15) is 11.1 Å². The molecule has 0 saturated heterocycles. The topological polar surface area (TPSA) is 68.5 Å². The summed E-state index contributed by atoms with van der Waals surface area (Å²) in [6.07, 6.45) is 3.69. The summed E-state index contributed by atoms with van der Waals surface area (Å²) < 4.78 is 1.66. The summed E-state index contributed by atoms with van der Waals surface area (Å²) in [4.78, 5) is 4.16. The van der Waals surface area contributed by atoms with Crippen molar-refractivity contribution in [1.29, 1.82) is 0 Å². The van der Waals surface area contributed by atoms with E-state index in [0.717, 1.165) is 23.6 Å². The average Bonchev–Trinajstić information content (AvgIpc) is 2.93. The van der Waals surface area contributed by atoms with Gasteiger partial charge >= 0.3 is 0 Å². The Labute approximate surface area is 122 Å². The molecule has 0 aliphatic heterocycles. The van der Waals surface area contributed by atoms with Crippen molar-refractivity contribution >= 4 is 5.69 Å². The molecule has 106 valence electrons. The number of aromatic nitrogens is 5. The molecule has 0 fully saturated rings. The molecule has 0 aliphatic carbocycles. The van der Waals surface area contributed by atoms with E-state index in [-0.39, 0.29) is 0 Å². The maximum absolute atomic E-state index is 4.16. The fourth-order valence-electron chi connectivity index (χ4n) is 2.12. The van der Waals surface area contributed by atoms with Crippen LogP contribution in [-0.4, -0.2) is 25.2 Å². The third-order valence-corrected chi connectivity index (χ3v) is 3.37. The van der Waals surface area contributed by atoms with Crippen molar-refractivity contribution in [3.63, 3.8) is 0 Å². The number of pyridine rings is 1. The average molecular weight is 280 g/mol. The van der Waals surface area contributed by atoms with Gasteiger partial charge in [-0.1, -0.05) is 12.1 Å². The summed E-state index contributed by atoms with van der Waals surface area (Å²) in [6.45, 7) is 2.82. The maximum atomic E-state index is 4.16. The fraction of sp³-hybridized carbons (Fsp3) is 0.200. The molecule has 3 aromatic rings. The second-order valence-corrected chi connectivity index (χ2v) is 4.86. The van der Waals surface area contributed by atoms with Gasteiger partial charge in [0.05, 0.1) is 0 Å². The molecule has 6 heteroatoms. The predicted molar refractivity (Wildman–Crippen MR) is 80.5 cm³/mol. The lowest BCUT2D eigenvalue weighted by molar-refractivity contribution is 0.714. The minimum Gasteiger partial charge on any atom is -0.381 e. The highest BCUT2D eigenvalue weighted by Gasteiger charge is 2.06. The van der Waals surface area contributed by atoms with E-state index >= 15 is 0 Å². The summed E-state index contributed by atoms with van der Waals surface area (Å²) in [6, 6.07) is 10.1. The lowest BCUT2D eigenvalue weighted by Crippen LogP contribution is -2.02. The molecule has 1 aromatic carbocycles. The standard InChI is InChI=1S/C15H16N6/c1-11-6-7-16-9-13(11)10-17-14-5-3-4-12(8-14)15-18-19-20-21(15)2/h3-9,17H,10H2,1-2H3. The summed E-state index contributed by atoms with van der Waals surface area (Å²) in [5.74, 6) is 0.746. The molecular formula is C15H16N6. The van der Waals surface area contributed by atoms with E-state index in [9.17, 15) is 0 Å². The Morgan fingerprint density at radius 1 is 1.24 bits per heavy atom. The first-order valence-electron chi connectivity index (χ1n) is 6.70. The van der Waals surface area contributed by atoms with Gasteiger partial charge in [-0.15, -0.1) is 5.10 Å². The van der Waals surface area contributed by atoms with Gasteiger partial charge in [-0.05, 0) is 46.7 Å². The van der Waals surface area contributed by atoms with Gasteiger partial charge < -0.3 is 5.32 Å². The number of hydrogen-bond donors (Lipinski definition) is 1. The van der Waals surface area contributed by atoms with Crippen LogP contribution in [0.3, 0.4) is 0 Å². The molecule has 3 rings (SSSR count). The van der Waals surface area contributed by atoms with Crippen LogP contribution in [-0.2, 0) is 13.6 Å². The highest BCUT2D eigenvalue weighted by atomic mass is 15.5. The highest BCUT2D eigenvalue weighted by molar-refractivity contribution is 5.62. The molecule has 0 bridgehead atoms. The molecule has 6 nitrogen and oxygen atoms in total. The number of hydrogen-bond acceptors (Lipinski definition) is 5. The number of anilines is 1. The molecule has 21 heavy (non-hydrogen) atoms. The molecule has 0 spiro atoms. The minimum absolute atomic E-state index is 0.736. The van der Waals surface area contributed by atoms with Gasteiger partial charge in [0.2, 0.25) is 0 Å². The van der Waals surface area contributed by atoms with E-state index in [1.165, 1.54) is 11.1 Å². The number of tetrazole rings is 1. The van der Waals surface area contributed by atoms with E-state index in [4.69, 9.17) is 0 Å². The van der Waals surface area contributed by atoms with Gasteiger partial charge in [-0.2, -0.15) is 0 Å². The zero-order chi connectivity index (χ0) is 14.7. The first kappa shape index (κ1) is 13.2. The lowest BCUT2D eigenvalue weighted by atomic mass is 10.1. The molecule has 0 saturated carbocycles. The predicted octanol–water partition coefficient (Wildman–Crippen LogP) is 2.19. The SMILES string of the molecule is Cc1ccncc1CNc1cccc(-c2nnnn2C)c1. The highest BCUT2D eigenvalue weighted by Crippen LogP contribution is 2.20. The van der Waals surface area contributed by atoms with Gasteiger partial charge in [0.1, 0.15) is 0 Å². The quantitative estimate of drug-likeness (QED) is 0.793. The number of nitrogens with zero attached hydrogens (tertiary/aromatic N) is 5. The molecule has 0 atom stereocenters. The Kier molecular flexibility index (Phi) is 3.59. The molecule has 1 N–H and O–H groups in total. The second-order valence-electron chi connectivity index (χ2n) is 4.86. The smallest absolute Gasteiger partial charge is 0.181 e. The molecule has 0 unspecified atom stereocenters. The Morgan fingerprint density at radius 2 is 2.14 bits per heavy atom. The zero-order valence-corrected chi connectivity index (χ0v) is 12.0. The minimum atomic E-state index is 0.736. The normalized spacial score (nSPS) is 10.6. The van der Waals surface area contributed by atoms with Gasteiger partial charge in [0, 0.05) is 37.2 Å². The largest absolute Gasteiger partial charge is 0.381 e. The van der Waals surface area contributed by atoms with E-state index in [1.807, 2.05) is 43.6 Å². The Balaban J connectivity index is 1.78. The summed E-state index contributed by atoms with van der Waals surface area (Å²) >= 11 is 0. The molecule has 0 radical (unpaired) electrons. The summed E-state index contributed by atoms with van der Waals surface area (Å²) in [5, 5.41) is 15.0. The van der Waals surface area contributed by atoms with Crippen molar-refractivity contribution in [2.24, 2.45) is 7.05 Å². The van der Waals surface area contributed by atoms with Crippen molar-refractivity contribution in [1.82, 2.24) is 25.2 Å². The second kappa shape index (κ2) is 5.70. The van der Waals surface area contributed by atoms with Crippen molar-refractivity contribution in [2.75, 3.05) is 5.32 Å². The van der Waals surface area contributed by atoms with E-state index in [1.54, 1.807) is 10.9 Å². The summed E-state index contributed by atoms with van der Waals surface area (Å²) in [5.41, 5.74) is 4.42. The third-order valence-electron chi connectivity index (χ3n) is 3.37. The van der Waals surface area contributed by atoms with Crippen LogP contribution in [0.5, 0.6) is 0 Å². The van der Waals surface area contributed by atoms with Gasteiger partial charge in [0.15, 0.2) is 5.82 Å². The molecular weight excluding hydrogens is 264 g/mol. The number of rotatable bonds is 4.